The van der Waals surface area contributed by atoms with Gasteiger partial charge in [0.25, 0.3) is 0 Å². The van der Waals surface area contributed by atoms with Crippen molar-refractivity contribution in [2.75, 3.05) is 0 Å². The highest BCUT2D eigenvalue weighted by atomic mass is 16.5. The molecule has 0 bridgehead atoms. The summed E-state index contributed by atoms with van der Waals surface area (Å²) in [6.07, 6.45) is 3.76. The van der Waals surface area contributed by atoms with E-state index in [2.05, 4.69) is 52.8 Å². The molecule has 3 unspecified atom stereocenters. The molecule has 21 heavy (non-hydrogen) atoms. The van der Waals surface area contributed by atoms with Crippen LogP contribution >= 0.6 is 0 Å². The number of aliphatic hydroxyl groups excluding tert-OH is 1. The Hall–Kier alpha value is -1.02. The summed E-state index contributed by atoms with van der Waals surface area (Å²) in [5, 5.41) is 10.2. The monoisotopic (exact) mass is 290 g/mol. The summed E-state index contributed by atoms with van der Waals surface area (Å²) in [5.74, 6) is 1.61. The molecule has 0 saturated heterocycles. The van der Waals surface area contributed by atoms with E-state index in [1.54, 1.807) is 0 Å². The van der Waals surface area contributed by atoms with Crippen molar-refractivity contribution in [3.05, 3.63) is 29.3 Å². The predicted octanol–water partition coefficient (Wildman–Crippen LogP) is 4.61. The van der Waals surface area contributed by atoms with Gasteiger partial charge in [0.1, 0.15) is 11.9 Å². The summed E-state index contributed by atoms with van der Waals surface area (Å²) in [4.78, 5) is 0. The first-order valence-corrected chi connectivity index (χ1v) is 8.27. The van der Waals surface area contributed by atoms with Gasteiger partial charge in [-0.05, 0) is 54.7 Å². The quantitative estimate of drug-likeness (QED) is 0.880. The Kier molecular flexibility index (Phi) is 4.98. The van der Waals surface area contributed by atoms with Gasteiger partial charge < -0.3 is 9.84 Å². The van der Waals surface area contributed by atoms with E-state index in [9.17, 15) is 5.11 Å². The van der Waals surface area contributed by atoms with Gasteiger partial charge in [-0.1, -0.05) is 46.2 Å². The van der Waals surface area contributed by atoms with E-state index in [0.717, 1.165) is 30.6 Å². The Morgan fingerprint density at radius 2 is 1.95 bits per heavy atom. The average Bonchev–Trinajstić information content (AvgIpc) is 2.42. The first-order chi connectivity index (χ1) is 9.81. The molecular weight excluding hydrogens is 260 g/mol. The first-order valence-electron chi connectivity index (χ1n) is 8.27. The maximum Gasteiger partial charge on any atom is 0.125 e. The van der Waals surface area contributed by atoms with E-state index in [1.165, 1.54) is 12.0 Å². The fourth-order valence-corrected chi connectivity index (χ4v) is 3.10. The van der Waals surface area contributed by atoms with Crippen LogP contribution in [0.3, 0.4) is 0 Å². The number of ether oxygens (including phenoxy) is 1. The molecule has 0 radical (unpaired) electrons. The number of benzene rings is 1. The number of rotatable bonds is 3. The third-order valence-electron chi connectivity index (χ3n) is 4.76. The molecule has 1 aromatic carbocycles. The third-order valence-corrected chi connectivity index (χ3v) is 4.76. The minimum Gasteiger partial charge on any atom is -0.487 e. The second-order valence-corrected chi connectivity index (χ2v) is 7.54. The molecule has 0 heterocycles. The largest absolute Gasteiger partial charge is 0.487 e. The van der Waals surface area contributed by atoms with E-state index in [4.69, 9.17) is 4.74 Å². The van der Waals surface area contributed by atoms with Crippen LogP contribution in [0.15, 0.2) is 18.2 Å². The van der Waals surface area contributed by atoms with Gasteiger partial charge in [-0.3, -0.25) is 0 Å². The molecule has 118 valence electrons. The normalized spacial score (nSPS) is 26.7. The molecule has 1 saturated carbocycles. The van der Waals surface area contributed by atoms with Crippen molar-refractivity contribution in [1.29, 1.82) is 0 Å². The molecule has 1 aliphatic rings. The highest BCUT2D eigenvalue weighted by Gasteiger charge is 2.30. The number of hydrogen-bond acceptors (Lipinski definition) is 2. The maximum absolute atomic E-state index is 10.2. The molecule has 0 amide bonds. The molecule has 2 nitrogen and oxygen atoms in total. The van der Waals surface area contributed by atoms with Crippen LogP contribution in [0.1, 0.15) is 64.5 Å². The zero-order valence-corrected chi connectivity index (χ0v) is 14.1. The highest BCUT2D eigenvalue weighted by Crippen LogP contribution is 2.32. The molecule has 1 fully saturated rings. The van der Waals surface area contributed by atoms with Gasteiger partial charge in [-0.2, -0.15) is 0 Å². The second kappa shape index (κ2) is 6.39. The second-order valence-electron chi connectivity index (χ2n) is 7.54. The van der Waals surface area contributed by atoms with Crippen LogP contribution in [-0.2, 0) is 5.41 Å². The number of aryl methyl sites for hydroxylation is 1. The molecule has 1 N–H and O–H groups in total. The summed E-state index contributed by atoms with van der Waals surface area (Å²) < 4.78 is 6.15. The van der Waals surface area contributed by atoms with Crippen molar-refractivity contribution < 1.29 is 9.84 Å². The highest BCUT2D eigenvalue weighted by molar-refractivity contribution is 5.39. The van der Waals surface area contributed by atoms with Crippen molar-refractivity contribution >= 4 is 0 Å². The number of hydrogen-bond donors (Lipinski definition) is 1. The minimum absolute atomic E-state index is 0.0529. The minimum atomic E-state index is -0.325. The molecular formula is C19H30O2. The molecule has 0 aliphatic heterocycles. The van der Waals surface area contributed by atoms with Crippen LogP contribution in [0.25, 0.3) is 0 Å². The lowest BCUT2D eigenvalue weighted by molar-refractivity contribution is -0.0112. The van der Waals surface area contributed by atoms with Crippen LogP contribution in [0.2, 0.25) is 0 Å². The van der Waals surface area contributed by atoms with Crippen molar-refractivity contribution in [2.24, 2.45) is 5.92 Å². The lowest BCUT2D eigenvalue weighted by Crippen LogP contribution is -2.38. The molecule has 3 atom stereocenters. The van der Waals surface area contributed by atoms with Gasteiger partial charge in [0.15, 0.2) is 0 Å². The van der Waals surface area contributed by atoms with E-state index in [-0.39, 0.29) is 17.6 Å². The van der Waals surface area contributed by atoms with E-state index in [1.807, 2.05) is 0 Å². The first kappa shape index (κ1) is 16.4. The molecule has 0 spiro atoms. The van der Waals surface area contributed by atoms with Gasteiger partial charge in [0.05, 0.1) is 6.10 Å². The van der Waals surface area contributed by atoms with E-state index in [0.29, 0.717) is 5.92 Å². The summed E-state index contributed by atoms with van der Waals surface area (Å²) in [5.41, 5.74) is 2.64. The van der Waals surface area contributed by atoms with Gasteiger partial charge in [-0.25, -0.2) is 0 Å². The lowest BCUT2D eigenvalue weighted by atomic mass is 9.83. The van der Waals surface area contributed by atoms with Crippen LogP contribution < -0.4 is 4.74 Å². The molecule has 2 rings (SSSR count). The zero-order chi connectivity index (χ0) is 15.6. The zero-order valence-electron chi connectivity index (χ0n) is 14.1. The number of aliphatic hydroxyl groups is 1. The maximum atomic E-state index is 10.2. The van der Waals surface area contributed by atoms with Crippen molar-refractivity contribution in [3.8, 4) is 5.75 Å². The Morgan fingerprint density at radius 1 is 1.24 bits per heavy atom. The molecule has 2 heteroatoms. The Balaban J connectivity index is 2.12. The Labute approximate surface area is 129 Å². The molecule has 0 aromatic heterocycles. The van der Waals surface area contributed by atoms with Gasteiger partial charge in [0.2, 0.25) is 0 Å². The Bertz CT molecular complexity index is 473. The third kappa shape index (κ3) is 4.00. The summed E-state index contributed by atoms with van der Waals surface area (Å²) in [7, 11) is 0. The predicted molar refractivity (Wildman–Crippen MR) is 87.9 cm³/mol. The van der Waals surface area contributed by atoms with Crippen molar-refractivity contribution in [1.82, 2.24) is 0 Å². The fraction of sp³-hybridized carbons (Fsp3) is 0.684. The van der Waals surface area contributed by atoms with Crippen molar-refractivity contribution in [3.63, 3.8) is 0 Å². The van der Waals surface area contributed by atoms with Crippen LogP contribution in [-0.4, -0.2) is 17.3 Å². The summed E-state index contributed by atoms with van der Waals surface area (Å²) in [6.45, 7) is 11.0. The lowest BCUT2D eigenvalue weighted by Gasteiger charge is -2.33. The Morgan fingerprint density at radius 3 is 2.52 bits per heavy atom. The molecule has 1 aliphatic carbocycles. The SMILES string of the molecule is CCC1CCC(O)C(Oc2ccc(C(C)(C)C)cc2C)C1. The fourth-order valence-electron chi connectivity index (χ4n) is 3.10. The van der Waals surface area contributed by atoms with Crippen LogP contribution in [0, 0.1) is 12.8 Å². The summed E-state index contributed by atoms with van der Waals surface area (Å²) >= 11 is 0. The van der Waals surface area contributed by atoms with Gasteiger partial charge in [0, 0.05) is 0 Å². The van der Waals surface area contributed by atoms with Crippen LogP contribution in [0.4, 0.5) is 0 Å². The van der Waals surface area contributed by atoms with E-state index < -0.39 is 0 Å². The summed E-state index contributed by atoms with van der Waals surface area (Å²) in [6, 6.07) is 6.43. The average molecular weight is 290 g/mol. The van der Waals surface area contributed by atoms with E-state index >= 15 is 0 Å². The van der Waals surface area contributed by atoms with Crippen molar-refractivity contribution in [2.45, 2.75) is 77.9 Å². The molecule has 1 aromatic rings. The van der Waals surface area contributed by atoms with Gasteiger partial charge in [-0.15, -0.1) is 0 Å². The standard InChI is InChI=1S/C19H30O2/c1-6-14-7-9-16(20)18(12-14)21-17-10-8-15(11-13(17)2)19(3,4)5/h8,10-11,14,16,18,20H,6-7,9,12H2,1-5H3. The van der Waals surface area contributed by atoms with Crippen LogP contribution in [0.5, 0.6) is 5.75 Å². The van der Waals surface area contributed by atoms with Gasteiger partial charge >= 0.3 is 0 Å². The topological polar surface area (TPSA) is 29.5 Å². The smallest absolute Gasteiger partial charge is 0.125 e.